The maximum atomic E-state index is 13.3. The van der Waals surface area contributed by atoms with Gasteiger partial charge in [-0.1, -0.05) is 11.6 Å². The minimum absolute atomic E-state index is 0.142. The van der Waals surface area contributed by atoms with Crippen molar-refractivity contribution in [2.45, 2.75) is 0 Å². The van der Waals surface area contributed by atoms with Gasteiger partial charge < -0.3 is 4.74 Å². The quantitative estimate of drug-likeness (QED) is 0.779. The summed E-state index contributed by atoms with van der Waals surface area (Å²) >= 11 is 5.85. The molecule has 0 N–H and O–H groups in total. The molecule has 18 heavy (non-hydrogen) atoms. The highest BCUT2D eigenvalue weighted by Gasteiger charge is 2.09. The number of halogens is 3. The van der Waals surface area contributed by atoms with Crippen LogP contribution in [0.2, 0.25) is 5.02 Å². The maximum absolute atomic E-state index is 13.3. The molecule has 0 heterocycles. The van der Waals surface area contributed by atoms with Crippen LogP contribution in [0.3, 0.4) is 0 Å². The normalized spacial score (nSPS) is 10.2. The van der Waals surface area contributed by atoms with E-state index >= 15 is 0 Å². The number of carbonyl (C=O) groups excluding carboxylic acids is 1. The highest BCUT2D eigenvalue weighted by molar-refractivity contribution is 6.32. The van der Waals surface area contributed by atoms with Crippen LogP contribution in [0.15, 0.2) is 36.4 Å². The molecule has 0 bridgehead atoms. The predicted octanol–water partition coefficient (Wildman–Crippen LogP) is 4.22. The Morgan fingerprint density at radius 2 is 1.83 bits per heavy atom. The molecule has 0 aliphatic rings. The van der Waals surface area contributed by atoms with E-state index in [1.54, 1.807) is 0 Å². The first-order valence-electron chi connectivity index (χ1n) is 4.98. The lowest BCUT2D eigenvalue weighted by molar-refractivity contribution is 0.112. The summed E-state index contributed by atoms with van der Waals surface area (Å²) in [6.45, 7) is 0. The van der Waals surface area contributed by atoms with Gasteiger partial charge in [0.2, 0.25) is 0 Å². The Morgan fingerprint density at radius 3 is 2.50 bits per heavy atom. The Balaban J connectivity index is 2.34. The van der Waals surface area contributed by atoms with E-state index in [0.29, 0.717) is 11.8 Å². The Hall–Kier alpha value is -1.94. The van der Waals surface area contributed by atoms with Crippen molar-refractivity contribution in [2.75, 3.05) is 0 Å². The molecule has 5 heteroatoms. The molecule has 0 unspecified atom stereocenters. The Bertz CT molecular complexity index is 600. The number of carbonyl (C=O) groups is 1. The minimum Gasteiger partial charge on any atom is -0.453 e. The first-order valence-corrected chi connectivity index (χ1v) is 5.35. The van der Waals surface area contributed by atoms with E-state index in [4.69, 9.17) is 16.3 Å². The summed E-state index contributed by atoms with van der Waals surface area (Å²) in [6.07, 6.45) is 0.623. The number of aldehydes is 1. The Morgan fingerprint density at radius 1 is 1.06 bits per heavy atom. The van der Waals surface area contributed by atoms with Gasteiger partial charge >= 0.3 is 0 Å². The third-order valence-corrected chi connectivity index (χ3v) is 2.50. The van der Waals surface area contributed by atoms with E-state index < -0.39 is 11.6 Å². The van der Waals surface area contributed by atoms with Crippen LogP contribution in [-0.4, -0.2) is 6.29 Å². The lowest BCUT2D eigenvalue weighted by Gasteiger charge is -2.08. The molecule has 0 fully saturated rings. The van der Waals surface area contributed by atoms with Gasteiger partial charge in [-0.05, 0) is 30.3 Å². The van der Waals surface area contributed by atoms with Crippen LogP contribution in [0, 0.1) is 11.6 Å². The maximum Gasteiger partial charge on any atom is 0.166 e. The molecule has 92 valence electrons. The van der Waals surface area contributed by atoms with E-state index in [1.165, 1.54) is 18.2 Å². The zero-order valence-corrected chi connectivity index (χ0v) is 9.75. The van der Waals surface area contributed by atoms with E-state index in [2.05, 4.69) is 0 Å². The van der Waals surface area contributed by atoms with Crippen LogP contribution in [-0.2, 0) is 0 Å². The monoisotopic (exact) mass is 268 g/mol. The van der Waals surface area contributed by atoms with Gasteiger partial charge in [0, 0.05) is 11.6 Å². The van der Waals surface area contributed by atoms with E-state index in [1.807, 2.05) is 0 Å². The average molecular weight is 269 g/mol. The van der Waals surface area contributed by atoms with E-state index in [-0.39, 0.29) is 16.5 Å². The number of benzene rings is 2. The van der Waals surface area contributed by atoms with E-state index in [9.17, 15) is 13.6 Å². The topological polar surface area (TPSA) is 26.3 Å². The largest absolute Gasteiger partial charge is 0.453 e. The molecular formula is C13H7ClF2O2. The molecule has 0 aliphatic heterocycles. The van der Waals surface area contributed by atoms with Gasteiger partial charge in [-0.25, -0.2) is 8.78 Å². The van der Waals surface area contributed by atoms with Crippen LogP contribution < -0.4 is 4.74 Å². The number of rotatable bonds is 3. The molecule has 2 nitrogen and oxygen atoms in total. The number of ether oxygens (including phenoxy) is 1. The summed E-state index contributed by atoms with van der Waals surface area (Å²) in [6, 6.07) is 7.11. The van der Waals surface area contributed by atoms with Crippen molar-refractivity contribution in [1.29, 1.82) is 0 Å². The van der Waals surface area contributed by atoms with Crippen LogP contribution in [0.4, 0.5) is 8.78 Å². The fourth-order valence-corrected chi connectivity index (χ4v) is 1.57. The lowest BCUT2D eigenvalue weighted by Crippen LogP contribution is -1.91. The van der Waals surface area contributed by atoms with Crippen LogP contribution in [0.5, 0.6) is 11.5 Å². The summed E-state index contributed by atoms with van der Waals surface area (Å²) in [5.74, 6) is -1.44. The molecule has 0 radical (unpaired) electrons. The van der Waals surface area contributed by atoms with Crippen molar-refractivity contribution in [3.05, 3.63) is 58.6 Å². The van der Waals surface area contributed by atoms with Crippen molar-refractivity contribution >= 4 is 17.9 Å². The van der Waals surface area contributed by atoms with Gasteiger partial charge in [0.15, 0.2) is 11.6 Å². The fraction of sp³-hybridized carbons (Fsp3) is 0. The Labute approximate surface area is 107 Å². The zero-order valence-electron chi connectivity index (χ0n) is 8.99. The molecule has 0 atom stereocenters. The van der Waals surface area contributed by atoms with Crippen molar-refractivity contribution < 1.29 is 18.3 Å². The van der Waals surface area contributed by atoms with Crippen molar-refractivity contribution in [3.8, 4) is 11.5 Å². The summed E-state index contributed by atoms with van der Waals surface area (Å²) in [4.78, 5) is 10.5. The molecule has 2 rings (SSSR count). The third kappa shape index (κ3) is 2.65. The average Bonchev–Trinajstić information content (AvgIpc) is 2.36. The van der Waals surface area contributed by atoms with Crippen LogP contribution >= 0.6 is 11.6 Å². The molecule has 2 aromatic carbocycles. The zero-order chi connectivity index (χ0) is 13.1. The SMILES string of the molecule is O=Cc1ccc(Oc2cc(F)ccc2F)c(Cl)c1. The Kier molecular flexibility index (Phi) is 3.58. The van der Waals surface area contributed by atoms with Gasteiger partial charge in [0.05, 0.1) is 5.02 Å². The molecule has 0 saturated heterocycles. The molecule has 0 spiro atoms. The minimum atomic E-state index is -0.702. The second-order valence-electron chi connectivity index (χ2n) is 3.48. The summed E-state index contributed by atoms with van der Waals surface area (Å²) in [5.41, 5.74) is 0.368. The van der Waals surface area contributed by atoms with Crippen LogP contribution in [0.1, 0.15) is 10.4 Å². The first kappa shape index (κ1) is 12.5. The van der Waals surface area contributed by atoms with Gasteiger partial charge in [-0.15, -0.1) is 0 Å². The smallest absolute Gasteiger partial charge is 0.166 e. The number of hydrogen-bond acceptors (Lipinski definition) is 2. The summed E-state index contributed by atoms with van der Waals surface area (Å²) < 4.78 is 31.4. The predicted molar refractivity (Wildman–Crippen MR) is 63.3 cm³/mol. The molecule has 2 aromatic rings. The first-order chi connectivity index (χ1) is 8.60. The van der Waals surface area contributed by atoms with Gasteiger partial charge in [-0.3, -0.25) is 4.79 Å². The number of hydrogen-bond donors (Lipinski definition) is 0. The molecule has 0 saturated carbocycles. The molecule has 0 aromatic heterocycles. The third-order valence-electron chi connectivity index (χ3n) is 2.21. The highest BCUT2D eigenvalue weighted by Crippen LogP contribution is 2.31. The second kappa shape index (κ2) is 5.14. The van der Waals surface area contributed by atoms with Crippen LogP contribution in [0.25, 0.3) is 0 Å². The van der Waals surface area contributed by atoms with Gasteiger partial charge in [0.25, 0.3) is 0 Å². The summed E-state index contributed by atoms with van der Waals surface area (Å²) in [7, 11) is 0. The standard InChI is InChI=1S/C13H7ClF2O2/c14-10-5-8(7-17)1-4-12(10)18-13-6-9(15)2-3-11(13)16/h1-7H. The molecule has 0 aliphatic carbocycles. The molecular weight excluding hydrogens is 262 g/mol. The van der Waals surface area contributed by atoms with E-state index in [0.717, 1.165) is 18.2 Å². The highest BCUT2D eigenvalue weighted by atomic mass is 35.5. The van der Waals surface area contributed by atoms with Crippen molar-refractivity contribution in [1.82, 2.24) is 0 Å². The van der Waals surface area contributed by atoms with Gasteiger partial charge in [-0.2, -0.15) is 0 Å². The fourth-order valence-electron chi connectivity index (χ4n) is 1.35. The summed E-state index contributed by atoms with van der Waals surface area (Å²) in [5, 5.41) is 0.142. The lowest BCUT2D eigenvalue weighted by atomic mass is 10.2. The second-order valence-corrected chi connectivity index (χ2v) is 3.89. The van der Waals surface area contributed by atoms with Crippen molar-refractivity contribution in [3.63, 3.8) is 0 Å². The van der Waals surface area contributed by atoms with Crippen molar-refractivity contribution in [2.24, 2.45) is 0 Å². The van der Waals surface area contributed by atoms with Gasteiger partial charge in [0.1, 0.15) is 17.9 Å². The molecule has 0 amide bonds.